The quantitative estimate of drug-likeness (QED) is 0.576. The fourth-order valence-electron chi connectivity index (χ4n) is 5.02. The number of carbonyl (C=O) groups excluding carboxylic acids is 3. The van der Waals surface area contributed by atoms with Gasteiger partial charge in [-0.25, -0.2) is 9.78 Å². The zero-order chi connectivity index (χ0) is 24.0. The van der Waals surface area contributed by atoms with Crippen LogP contribution >= 0.6 is 0 Å². The van der Waals surface area contributed by atoms with Crippen molar-refractivity contribution in [1.82, 2.24) is 20.5 Å². The number of rotatable bonds is 4. The molecule has 8 nitrogen and oxygen atoms in total. The molecule has 3 aromatic rings. The molecule has 1 aromatic heterocycles. The molecule has 0 saturated carbocycles. The van der Waals surface area contributed by atoms with E-state index in [2.05, 4.69) is 15.6 Å². The number of nitrogens with zero attached hydrogens (tertiary/aromatic N) is 2. The van der Waals surface area contributed by atoms with E-state index in [4.69, 9.17) is 4.42 Å². The predicted molar refractivity (Wildman–Crippen MR) is 126 cm³/mol. The lowest BCUT2D eigenvalue weighted by Crippen LogP contribution is -2.48. The molecule has 2 aliphatic rings. The molecule has 8 heteroatoms. The van der Waals surface area contributed by atoms with Gasteiger partial charge in [-0.15, -0.1) is 0 Å². The molecule has 34 heavy (non-hydrogen) atoms. The first kappa shape index (κ1) is 22.1. The second kappa shape index (κ2) is 8.27. The van der Waals surface area contributed by atoms with E-state index in [0.717, 1.165) is 35.4 Å². The van der Waals surface area contributed by atoms with Crippen LogP contribution in [0.25, 0.3) is 11.1 Å². The highest BCUT2D eigenvalue weighted by atomic mass is 16.3. The second-order valence-corrected chi connectivity index (χ2v) is 9.54. The van der Waals surface area contributed by atoms with Gasteiger partial charge in [0.15, 0.2) is 11.5 Å². The summed E-state index contributed by atoms with van der Waals surface area (Å²) in [5.74, 6) is 0.359. The van der Waals surface area contributed by atoms with Gasteiger partial charge in [0.2, 0.25) is 0 Å². The molecule has 176 valence electrons. The van der Waals surface area contributed by atoms with E-state index in [1.54, 1.807) is 24.3 Å². The van der Waals surface area contributed by atoms with Gasteiger partial charge in [-0.2, -0.15) is 0 Å². The molecule has 2 fully saturated rings. The summed E-state index contributed by atoms with van der Waals surface area (Å²) in [5.41, 5.74) is 2.90. The lowest BCUT2D eigenvalue weighted by atomic mass is 9.79. The molecular weight excluding hydrogens is 432 g/mol. The molecule has 0 spiro atoms. The number of nitrogens with one attached hydrogen (secondary N) is 2. The van der Waals surface area contributed by atoms with Gasteiger partial charge in [-0.3, -0.25) is 14.9 Å². The van der Waals surface area contributed by atoms with Crippen molar-refractivity contribution in [2.45, 2.75) is 45.1 Å². The van der Waals surface area contributed by atoms with Gasteiger partial charge in [-0.05, 0) is 61.1 Å². The molecule has 0 bridgehead atoms. The number of carbonyl (C=O) groups is 3. The van der Waals surface area contributed by atoms with E-state index in [9.17, 15) is 14.4 Å². The van der Waals surface area contributed by atoms with Gasteiger partial charge in [0.25, 0.3) is 11.8 Å². The number of urea groups is 1. The Morgan fingerprint density at radius 2 is 1.82 bits per heavy atom. The minimum absolute atomic E-state index is 0.0447. The number of aromatic nitrogens is 1. The summed E-state index contributed by atoms with van der Waals surface area (Å²) < 4.78 is 6.00. The minimum Gasteiger partial charge on any atom is -0.440 e. The maximum Gasteiger partial charge on any atom is 0.322 e. The van der Waals surface area contributed by atoms with E-state index in [-0.39, 0.29) is 23.7 Å². The lowest BCUT2D eigenvalue weighted by molar-refractivity contribution is -0.125. The number of imide groups is 1. The van der Waals surface area contributed by atoms with Crippen LogP contribution in [0, 0.1) is 12.8 Å². The van der Waals surface area contributed by atoms with Crippen molar-refractivity contribution in [2.24, 2.45) is 5.92 Å². The van der Waals surface area contributed by atoms with Crippen LogP contribution in [0.1, 0.15) is 60.0 Å². The average molecular weight is 461 g/mol. The minimum atomic E-state index is -1.13. The van der Waals surface area contributed by atoms with Crippen LogP contribution in [0.3, 0.4) is 0 Å². The fourth-order valence-corrected chi connectivity index (χ4v) is 5.02. The number of piperidine rings is 1. The maximum absolute atomic E-state index is 13.1. The first-order valence-corrected chi connectivity index (χ1v) is 11.7. The summed E-state index contributed by atoms with van der Waals surface area (Å²) in [5, 5.41) is 5.10. The summed E-state index contributed by atoms with van der Waals surface area (Å²) in [4.78, 5) is 44.0. The SMILES string of the molecule is Cc1ccc2nc(C3CCN(C(=O)c4ccc([C@@]5(C(C)C)NC(=O)NC5=O)cc4)CC3)oc2c1. The third-order valence-electron chi connectivity index (χ3n) is 7.04. The first-order valence-electron chi connectivity index (χ1n) is 11.7. The van der Waals surface area contributed by atoms with Crippen LogP contribution in [0.5, 0.6) is 0 Å². The van der Waals surface area contributed by atoms with Crippen LogP contribution in [0.2, 0.25) is 0 Å². The number of fused-ring (bicyclic) bond motifs is 1. The lowest BCUT2D eigenvalue weighted by Gasteiger charge is -2.32. The zero-order valence-corrected chi connectivity index (χ0v) is 19.6. The topological polar surface area (TPSA) is 105 Å². The fraction of sp³-hybridized carbons (Fsp3) is 0.385. The van der Waals surface area contributed by atoms with Crippen molar-refractivity contribution in [3.63, 3.8) is 0 Å². The Morgan fingerprint density at radius 3 is 2.44 bits per heavy atom. The molecule has 2 aromatic carbocycles. The molecule has 0 unspecified atom stereocenters. The normalized spacial score (nSPS) is 21.2. The van der Waals surface area contributed by atoms with E-state index in [0.29, 0.717) is 24.2 Å². The van der Waals surface area contributed by atoms with Gasteiger partial charge in [0, 0.05) is 24.6 Å². The Hall–Kier alpha value is -3.68. The van der Waals surface area contributed by atoms with Gasteiger partial charge >= 0.3 is 6.03 Å². The van der Waals surface area contributed by atoms with Crippen molar-refractivity contribution in [2.75, 3.05) is 13.1 Å². The number of likely N-dealkylation sites (tertiary alicyclic amines) is 1. The predicted octanol–water partition coefficient (Wildman–Crippen LogP) is 3.85. The molecule has 0 aliphatic carbocycles. The highest BCUT2D eigenvalue weighted by Gasteiger charge is 2.50. The highest BCUT2D eigenvalue weighted by Crippen LogP contribution is 2.34. The maximum atomic E-state index is 13.1. The third kappa shape index (κ3) is 3.63. The molecule has 2 aliphatic heterocycles. The number of oxazole rings is 1. The highest BCUT2D eigenvalue weighted by molar-refractivity contribution is 6.07. The number of hydrogen-bond donors (Lipinski definition) is 2. The summed E-state index contributed by atoms with van der Waals surface area (Å²) in [6.07, 6.45) is 1.58. The van der Waals surface area contributed by atoms with Crippen molar-refractivity contribution in [3.8, 4) is 0 Å². The zero-order valence-electron chi connectivity index (χ0n) is 19.6. The monoisotopic (exact) mass is 460 g/mol. The molecular formula is C26H28N4O4. The number of aryl methyl sites for hydroxylation is 1. The number of amides is 4. The molecule has 3 heterocycles. The molecule has 1 atom stereocenters. The smallest absolute Gasteiger partial charge is 0.322 e. The van der Waals surface area contributed by atoms with E-state index in [1.807, 2.05) is 43.9 Å². The van der Waals surface area contributed by atoms with Crippen molar-refractivity contribution >= 4 is 28.9 Å². The molecule has 2 N–H and O–H groups in total. The van der Waals surface area contributed by atoms with Crippen LogP contribution in [-0.2, 0) is 10.3 Å². The number of benzene rings is 2. The van der Waals surface area contributed by atoms with Crippen LogP contribution in [0.15, 0.2) is 46.9 Å². The summed E-state index contributed by atoms with van der Waals surface area (Å²) >= 11 is 0. The Balaban J connectivity index is 1.27. The van der Waals surface area contributed by atoms with Crippen LogP contribution in [-0.4, -0.2) is 40.8 Å². The molecule has 2 saturated heterocycles. The number of hydrogen-bond acceptors (Lipinski definition) is 5. The van der Waals surface area contributed by atoms with Gasteiger partial charge in [0.1, 0.15) is 11.1 Å². The van der Waals surface area contributed by atoms with Gasteiger partial charge < -0.3 is 14.6 Å². The average Bonchev–Trinajstić information content (AvgIpc) is 3.39. The van der Waals surface area contributed by atoms with Crippen molar-refractivity contribution in [3.05, 3.63) is 65.0 Å². The van der Waals surface area contributed by atoms with Crippen LogP contribution in [0.4, 0.5) is 4.79 Å². The van der Waals surface area contributed by atoms with E-state index < -0.39 is 11.6 Å². The Labute approximate surface area is 197 Å². The van der Waals surface area contributed by atoms with Gasteiger partial charge in [0.05, 0.1) is 0 Å². The third-order valence-corrected chi connectivity index (χ3v) is 7.04. The first-order chi connectivity index (χ1) is 16.3. The van der Waals surface area contributed by atoms with E-state index in [1.165, 1.54) is 0 Å². The van der Waals surface area contributed by atoms with Gasteiger partial charge in [-0.1, -0.05) is 32.0 Å². The standard InChI is InChI=1S/C26H28N4O4/c1-15(2)26(24(32)28-25(33)29-26)19-7-5-18(6-8-19)23(31)30-12-10-17(11-13-30)22-27-20-9-4-16(3)14-21(20)34-22/h4-9,14-15,17H,10-13H2,1-3H3,(H2,28,29,32,33)/t26-/m1/s1. The summed E-state index contributed by atoms with van der Waals surface area (Å²) in [6.45, 7) is 7.03. The summed E-state index contributed by atoms with van der Waals surface area (Å²) in [6, 6.07) is 12.5. The van der Waals surface area contributed by atoms with Crippen molar-refractivity contribution in [1.29, 1.82) is 0 Å². The molecule has 5 rings (SSSR count). The van der Waals surface area contributed by atoms with E-state index >= 15 is 0 Å². The van der Waals surface area contributed by atoms with Crippen molar-refractivity contribution < 1.29 is 18.8 Å². The molecule has 4 amide bonds. The summed E-state index contributed by atoms with van der Waals surface area (Å²) in [7, 11) is 0. The second-order valence-electron chi connectivity index (χ2n) is 9.54. The van der Waals surface area contributed by atoms with Crippen LogP contribution < -0.4 is 10.6 Å². The molecule has 0 radical (unpaired) electrons. The Bertz CT molecular complexity index is 1270. The Morgan fingerprint density at radius 1 is 1.12 bits per heavy atom. The Kier molecular flexibility index (Phi) is 5.38. The largest absolute Gasteiger partial charge is 0.440 e.